The lowest BCUT2D eigenvalue weighted by Crippen LogP contribution is -1.99. The molecule has 0 radical (unpaired) electrons. The van der Waals surface area contributed by atoms with Crippen molar-refractivity contribution in [3.63, 3.8) is 0 Å². The van der Waals surface area contributed by atoms with E-state index in [0.717, 1.165) is 6.08 Å². The molecule has 0 saturated carbocycles. The van der Waals surface area contributed by atoms with E-state index in [1.54, 1.807) is 24.3 Å². The highest BCUT2D eigenvalue weighted by molar-refractivity contribution is 6.12. The topological polar surface area (TPSA) is 58.9 Å². The number of carbonyl (C=O) groups is 2. The van der Waals surface area contributed by atoms with Gasteiger partial charge in [-0.1, -0.05) is 30.3 Å². The lowest BCUT2D eigenvalue weighted by atomic mass is 10.1. The molecule has 0 aromatic heterocycles. The Kier molecular flexibility index (Phi) is 2.02. The molecule has 4 nitrogen and oxygen atoms in total. The van der Waals surface area contributed by atoms with Crippen LogP contribution in [0.25, 0.3) is 0 Å². The molecule has 0 fully saturated rings. The Morgan fingerprint density at radius 3 is 2.36 bits per heavy atom. The number of benzene rings is 1. The highest BCUT2D eigenvalue weighted by atomic mass is 16.2. The van der Waals surface area contributed by atoms with Crippen molar-refractivity contribution >= 4 is 11.7 Å². The Morgan fingerprint density at radius 1 is 1.07 bits per heavy atom. The maximum atomic E-state index is 11.6. The summed E-state index contributed by atoms with van der Waals surface area (Å²) in [4.78, 5) is 22.3. The number of carbonyl (C=O) groups excluding carboxylic acids is 2. The first kappa shape index (κ1) is 8.50. The van der Waals surface area contributed by atoms with Crippen molar-refractivity contribution in [2.75, 3.05) is 0 Å². The average molecular weight is 186 g/mol. The van der Waals surface area contributed by atoms with Crippen LogP contribution in [0.2, 0.25) is 0 Å². The Morgan fingerprint density at radius 2 is 1.79 bits per heavy atom. The van der Waals surface area contributed by atoms with E-state index in [-0.39, 0.29) is 11.5 Å². The van der Waals surface area contributed by atoms with Gasteiger partial charge in [0.1, 0.15) is 5.70 Å². The van der Waals surface area contributed by atoms with Gasteiger partial charge in [-0.05, 0) is 0 Å². The van der Waals surface area contributed by atoms with Crippen molar-refractivity contribution in [2.45, 2.75) is 0 Å². The second-order valence-corrected chi connectivity index (χ2v) is 2.76. The summed E-state index contributed by atoms with van der Waals surface area (Å²) >= 11 is 0. The summed E-state index contributed by atoms with van der Waals surface area (Å²) < 4.78 is 0. The number of hydrogen-bond donors (Lipinski definition) is 0. The van der Waals surface area contributed by atoms with Crippen LogP contribution in [0.4, 0.5) is 0 Å². The van der Waals surface area contributed by atoms with Crippen molar-refractivity contribution < 1.29 is 9.59 Å². The number of Topliss-reactive ketones (excluding diaryl/α,β-unsaturated/α-hetero) is 1. The van der Waals surface area contributed by atoms with E-state index in [1.165, 1.54) is 0 Å². The fourth-order valence-corrected chi connectivity index (χ4v) is 1.13. The van der Waals surface area contributed by atoms with E-state index in [0.29, 0.717) is 5.56 Å². The molecule has 68 valence electrons. The van der Waals surface area contributed by atoms with Gasteiger partial charge in [-0.3, -0.25) is 9.59 Å². The summed E-state index contributed by atoms with van der Waals surface area (Å²) in [5.74, 6) is -0.760. The maximum Gasteiger partial charge on any atom is 0.290 e. The first-order chi connectivity index (χ1) is 6.77. The van der Waals surface area contributed by atoms with E-state index >= 15 is 0 Å². The zero-order valence-corrected chi connectivity index (χ0v) is 7.18. The standard InChI is InChI=1S/C10H6N2O2/c13-9-6-8(11-12-9)10(14)7-4-2-1-3-5-7/h1-6H. The normalized spacial score (nSPS) is 14.3. The first-order valence-corrected chi connectivity index (χ1v) is 4.04. The van der Waals surface area contributed by atoms with E-state index in [4.69, 9.17) is 0 Å². The summed E-state index contributed by atoms with van der Waals surface area (Å²) in [6.45, 7) is 0. The summed E-state index contributed by atoms with van der Waals surface area (Å²) in [7, 11) is 0. The number of hydrogen-bond acceptors (Lipinski definition) is 3. The summed E-state index contributed by atoms with van der Waals surface area (Å²) in [6, 6.07) is 8.65. The molecule has 4 heteroatoms. The summed E-state index contributed by atoms with van der Waals surface area (Å²) in [5, 5.41) is 6.72. The molecule has 14 heavy (non-hydrogen) atoms. The molecule has 2 rings (SSSR count). The highest BCUT2D eigenvalue weighted by Crippen LogP contribution is 2.13. The number of nitrogens with zero attached hydrogens (tertiary/aromatic N) is 2. The van der Waals surface area contributed by atoms with Crippen LogP contribution < -0.4 is 0 Å². The molecule has 1 aliphatic rings. The van der Waals surface area contributed by atoms with Gasteiger partial charge in [-0.25, -0.2) is 0 Å². The Labute approximate surface area is 80.0 Å². The van der Waals surface area contributed by atoms with Crippen LogP contribution in [0.15, 0.2) is 52.3 Å². The van der Waals surface area contributed by atoms with Crippen molar-refractivity contribution in [1.29, 1.82) is 0 Å². The second-order valence-electron chi connectivity index (χ2n) is 2.76. The van der Waals surface area contributed by atoms with Gasteiger partial charge in [-0.2, -0.15) is 0 Å². The van der Waals surface area contributed by atoms with Crippen molar-refractivity contribution in [3.8, 4) is 0 Å². The zero-order chi connectivity index (χ0) is 9.97. The van der Waals surface area contributed by atoms with Gasteiger partial charge >= 0.3 is 0 Å². The molecule has 1 aromatic rings. The van der Waals surface area contributed by atoms with Crippen LogP contribution in [0.3, 0.4) is 0 Å². The van der Waals surface area contributed by atoms with E-state index < -0.39 is 5.91 Å². The summed E-state index contributed by atoms with van der Waals surface area (Å²) in [5.41, 5.74) is 0.605. The highest BCUT2D eigenvalue weighted by Gasteiger charge is 2.17. The molecule has 0 N–H and O–H groups in total. The monoisotopic (exact) mass is 186 g/mol. The largest absolute Gasteiger partial charge is 0.290 e. The number of amides is 1. The lowest BCUT2D eigenvalue weighted by Gasteiger charge is -1.95. The van der Waals surface area contributed by atoms with Gasteiger partial charge in [0, 0.05) is 11.6 Å². The molecular formula is C10H6N2O2. The molecule has 1 heterocycles. The fourth-order valence-electron chi connectivity index (χ4n) is 1.13. The Bertz CT molecular complexity index is 446. The number of azo groups is 1. The average Bonchev–Trinajstić information content (AvgIpc) is 2.65. The fraction of sp³-hybridized carbons (Fsp3) is 0. The minimum absolute atomic E-state index is 0.0983. The Balaban J connectivity index is 2.31. The van der Waals surface area contributed by atoms with Gasteiger partial charge in [0.25, 0.3) is 5.91 Å². The van der Waals surface area contributed by atoms with Crippen molar-refractivity contribution in [2.24, 2.45) is 10.2 Å². The molecule has 1 aliphatic heterocycles. The number of rotatable bonds is 2. The SMILES string of the molecule is O=C1C=C(C(=O)c2ccccc2)N=N1. The molecule has 1 aromatic carbocycles. The molecule has 0 atom stereocenters. The first-order valence-electron chi connectivity index (χ1n) is 4.04. The minimum atomic E-state index is -0.482. The van der Waals surface area contributed by atoms with Gasteiger partial charge in [0.05, 0.1) is 0 Å². The van der Waals surface area contributed by atoms with E-state index in [9.17, 15) is 9.59 Å². The van der Waals surface area contributed by atoms with Gasteiger partial charge < -0.3 is 0 Å². The third-order valence-corrected chi connectivity index (χ3v) is 1.79. The van der Waals surface area contributed by atoms with Crippen LogP contribution in [0.5, 0.6) is 0 Å². The van der Waals surface area contributed by atoms with Crippen LogP contribution >= 0.6 is 0 Å². The van der Waals surface area contributed by atoms with Crippen LogP contribution in [-0.4, -0.2) is 11.7 Å². The van der Waals surface area contributed by atoms with Gasteiger partial charge in [0.15, 0.2) is 0 Å². The molecule has 0 unspecified atom stereocenters. The van der Waals surface area contributed by atoms with E-state index in [1.807, 2.05) is 6.07 Å². The third kappa shape index (κ3) is 1.50. The molecule has 0 aliphatic carbocycles. The zero-order valence-electron chi connectivity index (χ0n) is 7.18. The predicted octanol–water partition coefficient (Wildman–Crippen LogP) is 1.75. The van der Waals surface area contributed by atoms with Crippen LogP contribution in [-0.2, 0) is 4.79 Å². The lowest BCUT2D eigenvalue weighted by molar-refractivity contribution is -0.113. The molecular weight excluding hydrogens is 180 g/mol. The van der Waals surface area contributed by atoms with Gasteiger partial charge in [-0.15, -0.1) is 10.2 Å². The third-order valence-electron chi connectivity index (χ3n) is 1.79. The second kappa shape index (κ2) is 3.33. The number of allylic oxidation sites excluding steroid dienone is 1. The minimum Gasteiger partial charge on any atom is -0.287 e. The predicted molar refractivity (Wildman–Crippen MR) is 48.7 cm³/mol. The molecule has 0 saturated heterocycles. The summed E-state index contributed by atoms with van der Waals surface area (Å²) in [6.07, 6.45) is 1.13. The van der Waals surface area contributed by atoms with E-state index in [2.05, 4.69) is 10.2 Å². The Hall–Kier alpha value is -2.10. The molecule has 1 amide bonds. The molecule has 0 bridgehead atoms. The smallest absolute Gasteiger partial charge is 0.287 e. The van der Waals surface area contributed by atoms with Crippen molar-refractivity contribution in [3.05, 3.63) is 47.7 Å². The van der Waals surface area contributed by atoms with Crippen LogP contribution in [0.1, 0.15) is 10.4 Å². The maximum absolute atomic E-state index is 11.6. The number of ketones is 1. The van der Waals surface area contributed by atoms with Crippen molar-refractivity contribution in [1.82, 2.24) is 0 Å². The molecule has 0 spiro atoms. The quantitative estimate of drug-likeness (QED) is 0.660. The van der Waals surface area contributed by atoms with Crippen LogP contribution in [0, 0.1) is 0 Å². The van der Waals surface area contributed by atoms with Gasteiger partial charge in [0.2, 0.25) is 5.78 Å².